The summed E-state index contributed by atoms with van der Waals surface area (Å²) < 4.78 is 45.5. The summed E-state index contributed by atoms with van der Waals surface area (Å²) in [4.78, 5) is 13.9. The van der Waals surface area contributed by atoms with Crippen molar-refractivity contribution in [3.63, 3.8) is 0 Å². The Labute approximate surface area is 167 Å². The first-order valence-corrected chi connectivity index (χ1v) is 10.7. The molecule has 1 amide bonds. The van der Waals surface area contributed by atoms with Crippen molar-refractivity contribution < 1.29 is 22.3 Å². The summed E-state index contributed by atoms with van der Waals surface area (Å²) in [7, 11) is -3.78. The zero-order valence-corrected chi connectivity index (χ0v) is 16.4. The van der Waals surface area contributed by atoms with E-state index in [4.69, 9.17) is 16.3 Å². The Morgan fingerprint density at radius 3 is 2.57 bits per heavy atom. The number of benzene rings is 2. The van der Waals surface area contributed by atoms with E-state index < -0.39 is 21.9 Å². The highest BCUT2D eigenvalue weighted by Crippen LogP contribution is 2.34. The molecule has 2 aliphatic heterocycles. The summed E-state index contributed by atoms with van der Waals surface area (Å²) in [5, 5.41) is 0.563. The molecular formula is C19H18ClFN2O4S. The summed E-state index contributed by atoms with van der Waals surface area (Å²) in [5.74, 6) is -0.595. The van der Waals surface area contributed by atoms with Crippen molar-refractivity contribution in [2.24, 2.45) is 0 Å². The van der Waals surface area contributed by atoms with Gasteiger partial charge in [-0.25, -0.2) is 17.6 Å². The minimum absolute atomic E-state index is 0.0664. The Morgan fingerprint density at radius 1 is 1.11 bits per heavy atom. The van der Waals surface area contributed by atoms with Gasteiger partial charge < -0.3 is 4.74 Å². The van der Waals surface area contributed by atoms with Crippen LogP contribution in [0.3, 0.4) is 0 Å². The summed E-state index contributed by atoms with van der Waals surface area (Å²) in [6.07, 6.45) is 0.457. The van der Waals surface area contributed by atoms with Crippen LogP contribution in [0.5, 0.6) is 0 Å². The Morgan fingerprint density at radius 2 is 1.86 bits per heavy atom. The van der Waals surface area contributed by atoms with Crippen LogP contribution in [-0.4, -0.2) is 37.9 Å². The van der Waals surface area contributed by atoms with Gasteiger partial charge in [0.05, 0.1) is 10.6 Å². The third-order valence-electron chi connectivity index (χ3n) is 5.07. The van der Waals surface area contributed by atoms with Gasteiger partial charge in [0.15, 0.2) is 0 Å². The molecule has 0 bridgehead atoms. The zero-order chi connectivity index (χ0) is 19.9. The Kier molecular flexibility index (Phi) is 5.03. The van der Waals surface area contributed by atoms with E-state index in [1.165, 1.54) is 22.5 Å². The maximum Gasteiger partial charge on any atom is 0.414 e. The second-order valence-corrected chi connectivity index (χ2v) is 9.16. The van der Waals surface area contributed by atoms with Crippen LogP contribution in [0.15, 0.2) is 47.4 Å². The van der Waals surface area contributed by atoms with Crippen molar-refractivity contribution in [1.82, 2.24) is 4.31 Å². The Balaban J connectivity index is 1.53. The number of hydrogen-bond donors (Lipinski definition) is 0. The second kappa shape index (κ2) is 7.35. The Hall–Kier alpha value is -2.16. The molecule has 2 heterocycles. The number of hydrogen-bond acceptors (Lipinski definition) is 4. The molecular weight excluding hydrogens is 407 g/mol. The molecule has 1 saturated heterocycles. The molecule has 2 aromatic carbocycles. The number of amides is 1. The molecule has 9 heteroatoms. The van der Waals surface area contributed by atoms with Gasteiger partial charge in [-0.2, -0.15) is 4.31 Å². The van der Waals surface area contributed by atoms with Crippen LogP contribution in [-0.2, 0) is 21.4 Å². The molecule has 2 aromatic rings. The van der Waals surface area contributed by atoms with E-state index in [0.717, 1.165) is 17.3 Å². The van der Waals surface area contributed by atoms with E-state index in [2.05, 4.69) is 0 Å². The first kappa shape index (κ1) is 19.2. The van der Waals surface area contributed by atoms with Crippen molar-refractivity contribution >= 4 is 33.4 Å². The first-order valence-electron chi connectivity index (χ1n) is 8.86. The van der Waals surface area contributed by atoms with Crippen LogP contribution >= 0.6 is 11.6 Å². The number of fused-ring (bicyclic) bond motifs is 1. The number of sulfonamides is 1. The summed E-state index contributed by atoms with van der Waals surface area (Å²) >= 11 is 6.03. The van der Waals surface area contributed by atoms with Gasteiger partial charge in [-0.3, -0.25) is 4.90 Å². The number of rotatable bonds is 3. The number of carbonyl (C=O) groups is 1. The third-order valence-corrected chi connectivity index (χ3v) is 7.20. The normalized spacial score (nSPS) is 18.6. The van der Waals surface area contributed by atoms with Crippen LogP contribution in [0.2, 0.25) is 5.02 Å². The predicted molar refractivity (Wildman–Crippen MR) is 102 cm³/mol. The van der Waals surface area contributed by atoms with Gasteiger partial charge in [0.2, 0.25) is 10.0 Å². The quantitative estimate of drug-likeness (QED) is 0.751. The molecule has 0 aliphatic carbocycles. The fraction of sp³-hybridized carbons (Fsp3) is 0.316. The van der Waals surface area contributed by atoms with E-state index in [0.29, 0.717) is 17.9 Å². The average Bonchev–Trinajstić information content (AvgIpc) is 2.68. The second-order valence-electron chi connectivity index (χ2n) is 6.79. The summed E-state index contributed by atoms with van der Waals surface area (Å²) in [6, 6.07) is 10.1. The number of anilines is 1. The minimum Gasteiger partial charge on any atom is -0.444 e. The highest BCUT2D eigenvalue weighted by molar-refractivity contribution is 7.89. The predicted octanol–water partition coefficient (Wildman–Crippen LogP) is 3.79. The lowest BCUT2D eigenvalue weighted by Crippen LogP contribution is -2.50. The van der Waals surface area contributed by atoms with Crippen LogP contribution < -0.4 is 4.90 Å². The monoisotopic (exact) mass is 424 g/mol. The van der Waals surface area contributed by atoms with Gasteiger partial charge in [0, 0.05) is 29.7 Å². The van der Waals surface area contributed by atoms with Gasteiger partial charge in [0.25, 0.3) is 0 Å². The molecule has 6 nitrogen and oxygen atoms in total. The van der Waals surface area contributed by atoms with Crippen molar-refractivity contribution in [1.29, 1.82) is 0 Å². The molecule has 0 unspecified atom stereocenters. The number of piperidine rings is 1. The van der Waals surface area contributed by atoms with Crippen LogP contribution in [0.25, 0.3) is 0 Å². The highest BCUT2D eigenvalue weighted by atomic mass is 35.5. The van der Waals surface area contributed by atoms with Crippen LogP contribution in [0.4, 0.5) is 14.9 Å². The standard InChI is InChI=1S/C19H18ClFN2O4S/c20-14-4-5-18-13(10-14)12-27-19(24)23(18)16-6-8-22(9-7-16)28(25,26)17-3-1-2-15(21)11-17/h1-5,10-11,16H,6-9,12H2. The third kappa shape index (κ3) is 3.47. The van der Waals surface area contributed by atoms with E-state index in [1.807, 2.05) is 0 Å². The minimum atomic E-state index is -3.78. The van der Waals surface area contributed by atoms with Crippen LogP contribution in [0.1, 0.15) is 18.4 Å². The molecule has 4 rings (SSSR count). The van der Waals surface area contributed by atoms with Gasteiger partial charge in [-0.1, -0.05) is 17.7 Å². The highest BCUT2D eigenvalue weighted by Gasteiger charge is 2.37. The number of cyclic esters (lactones) is 1. The molecule has 28 heavy (non-hydrogen) atoms. The Bertz CT molecular complexity index is 1020. The van der Waals surface area contributed by atoms with Crippen molar-refractivity contribution in [3.05, 3.63) is 58.9 Å². The van der Waals surface area contributed by atoms with Gasteiger partial charge in [-0.05, 0) is 49.2 Å². The number of nitrogens with zero attached hydrogens (tertiary/aromatic N) is 2. The van der Waals surface area contributed by atoms with E-state index in [-0.39, 0.29) is 30.6 Å². The number of carbonyl (C=O) groups excluding carboxylic acids is 1. The van der Waals surface area contributed by atoms with Crippen molar-refractivity contribution in [2.45, 2.75) is 30.4 Å². The van der Waals surface area contributed by atoms with Crippen molar-refractivity contribution in [2.75, 3.05) is 18.0 Å². The molecule has 0 spiro atoms. The van der Waals surface area contributed by atoms with E-state index in [9.17, 15) is 17.6 Å². The molecule has 1 fully saturated rings. The topological polar surface area (TPSA) is 66.9 Å². The van der Waals surface area contributed by atoms with E-state index >= 15 is 0 Å². The lowest BCUT2D eigenvalue weighted by atomic mass is 10.0. The van der Waals surface area contributed by atoms with Gasteiger partial charge >= 0.3 is 6.09 Å². The first-order chi connectivity index (χ1) is 13.4. The molecule has 0 N–H and O–H groups in total. The fourth-order valence-electron chi connectivity index (χ4n) is 3.68. The summed E-state index contributed by atoms with van der Waals surface area (Å²) in [6.45, 7) is 0.629. The maximum absolute atomic E-state index is 13.4. The fourth-order valence-corrected chi connectivity index (χ4v) is 5.37. The van der Waals surface area contributed by atoms with Gasteiger partial charge in [-0.15, -0.1) is 0 Å². The summed E-state index contributed by atoms with van der Waals surface area (Å²) in [5.41, 5.74) is 1.56. The lowest BCUT2D eigenvalue weighted by molar-refractivity contribution is 0.136. The molecule has 0 radical (unpaired) electrons. The lowest BCUT2D eigenvalue weighted by Gasteiger charge is -2.39. The molecule has 0 saturated carbocycles. The maximum atomic E-state index is 13.4. The van der Waals surface area contributed by atoms with Gasteiger partial charge in [0.1, 0.15) is 12.4 Å². The molecule has 0 atom stereocenters. The smallest absolute Gasteiger partial charge is 0.414 e. The molecule has 148 valence electrons. The van der Waals surface area contributed by atoms with E-state index in [1.54, 1.807) is 23.1 Å². The van der Waals surface area contributed by atoms with Crippen LogP contribution in [0, 0.1) is 5.82 Å². The number of ether oxygens (including phenoxy) is 1. The average molecular weight is 425 g/mol. The van der Waals surface area contributed by atoms with Crippen molar-refractivity contribution in [3.8, 4) is 0 Å². The molecule has 2 aliphatic rings. The number of halogens is 2. The molecule has 0 aromatic heterocycles. The largest absolute Gasteiger partial charge is 0.444 e. The SMILES string of the molecule is O=C1OCc2cc(Cl)ccc2N1C1CCN(S(=O)(=O)c2cccc(F)c2)CC1. The zero-order valence-electron chi connectivity index (χ0n) is 14.8.